The van der Waals surface area contributed by atoms with Gasteiger partial charge in [-0.05, 0) is 52.2 Å². The van der Waals surface area contributed by atoms with E-state index in [2.05, 4.69) is 20.3 Å². The Labute approximate surface area is 153 Å². The number of hydrogen-bond donors (Lipinski definition) is 1. The molecule has 2 heterocycles. The SMILES string of the molecule is CCC(CC)Oc1nc(C)nc(Nc2c(C)cc(C)nc2C)c1[N+](=O)[O-]. The lowest BCUT2D eigenvalue weighted by molar-refractivity contribution is -0.385. The normalized spacial score (nSPS) is 10.9. The van der Waals surface area contributed by atoms with Gasteiger partial charge in [-0.2, -0.15) is 4.98 Å². The molecule has 2 aromatic heterocycles. The first-order valence-electron chi connectivity index (χ1n) is 8.68. The van der Waals surface area contributed by atoms with Crippen molar-refractivity contribution in [3.05, 3.63) is 39.0 Å². The van der Waals surface area contributed by atoms with E-state index in [-0.39, 0.29) is 23.5 Å². The Kier molecular flexibility index (Phi) is 6.07. The number of aromatic nitrogens is 3. The number of anilines is 2. The van der Waals surface area contributed by atoms with Crippen molar-refractivity contribution in [1.29, 1.82) is 0 Å². The second kappa shape index (κ2) is 8.07. The Morgan fingerprint density at radius 2 is 1.81 bits per heavy atom. The fourth-order valence-electron chi connectivity index (χ4n) is 2.82. The minimum absolute atomic E-state index is 0.00548. The summed E-state index contributed by atoms with van der Waals surface area (Å²) in [5.41, 5.74) is 3.00. The number of hydrogen-bond acceptors (Lipinski definition) is 7. The van der Waals surface area contributed by atoms with Gasteiger partial charge < -0.3 is 10.1 Å². The third kappa shape index (κ3) is 4.25. The van der Waals surface area contributed by atoms with Gasteiger partial charge in [0.25, 0.3) is 5.88 Å². The largest absolute Gasteiger partial charge is 0.469 e. The van der Waals surface area contributed by atoms with E-state index in [4.69, 9.17) is 4.74 Å². The van der Waals surface area contributed by atoms with Crippen LogP contribution >= 0.6 is 0 Å². The fraction of sp³-hybridized carbons (Fsp3) is 0.500. The maximum Gasteiger partial charge on any atom is 0.373 e. The molecule has 0 aliphatic heterocycles. The first-order chi connectivity index (χ1) is 12.3. The molecule has 8 heteroatoms. The van der Waals surface area contributed by atoms with Crippen molar-refractivity contribution in [2.45, 2.75) is 60.5 Å². The van der Waals surface area contributed by atoms with Gasteiger partial charge in [0.1, 0.15) is 11.9 Å². The second-order valence-corrected chi connectivity index (χ2v) is 6.25. The third-order valence-electron chi connectivity index (χ3n) is 4.10. The molecule has 0 atom stereocenters. The summed E-state index contributed by atoms with van der Waals surface area (Å²) in [6.45, 7) is 11.3. The summed E-state index contributed by atoms with van der Waals surface area (Å²) in [6, 6.07) is 1.91. The van der Waals surface area contributed by atoms with Crippen LogP contribution in [0.2, 0.25) is 0 Å². The summed E-state index contributed by atoms with van der Waals surface area (Å²) in [4.78, 5) is 24.0. The maximum atomic E-state index is 11.7. The van der Waals surface area contributed by atoms with E-state index in [1.54, 1.807) is 6.92 Å². The highest BCUT2D eigenvalue weighted by atomic mass is 16.6. The van der Waals surface area contributed by atoms with Crippen molar-refractivity contribution >= 4 is 17.2 Å². The average molecular weight is 359 g/mol. The molecule has 0 amide bonds. The van der Waals surface area contributed by atoms with Crippen molar-refractivity contribution < 1.29 is 9.66 Å². The van der Waals surface area contributed by atoms with Gasteiger partial charge in [0.05, 0.1) is 16.3 Å². The van der Waals surface area contributed by atoms with E-state index in [1.807, 2.05) is 40.7 Å². The van der Waals surface area contributed by atoms with Gasteiger partial charge in [-0.1, -0.05) is 13.8 Å². The van der Waals surface area contributed by atoms with Crippen LogP contribution in [0, 0.1) is 37.8 Å². The fourth-order valence-corrected chi connectivity index (χ4v) is 2.82. The molecule has 0 spiro atoms. The van der Waals surface area contributed by atoms with E-state index >= 15 is 0 Å². The molecule has 2 aromatic rings. The molecule has 0 saturated heterocycles. The lowest BCUT2D eigenvalue weighted by atomic mass is 10.1. The quantitative estimate of drug-likeness (QED) is 0.580. The van der Waals surface area contributed by atoms with E-state index < -0.39 is 4.92 Å². The van der Waals surface area contributed by atoms with Gasteiger partial charge in [-0.3, -0.25) is 15.1 Å². The zero-order chi connectivity index (χ0) is 19.4. The standard InChI is InChI=1S/C18H25N5O3/c1-7-14(8-2)26-18-16(23(24)25)17(20-13(6)21-18)22-15-10(3)9-11(4)19-12(15)5/h9,14H,7-8H2,1-6H3,(H,20,21,22). The molecule has 2 rings (SSSR count). The molecular formula is C18H25N5O3. The van der Waals surface area contributed by atoms with Crippen LogP contribution in [0.3, 0.4) is 0 Å². The number of rotatable bonds is 7. The van der Waals surface area contributed by atoms with E-state index in [9.17, 15) is 10.1 Å². The minimum atomic E-state index is -0.508. The molecule has 0 aromatic carbocycles. The molecule has 0 fully saturated rings. The van der Waals surface area contributed by atoms with Crippen LogP contribution in [0.1, 0.15) is 49.5 Å². The minimum Gasteiger partial charge on any atom is -0.469 e. The van der Waals surface area contributed by atoms with Crippen LogP contribution in [0.5, 0.6) is 5.88 Å². The Hall–Kier alpha value is -2.77. The van der Waals surface area contributed by atoms with Gasteiger partial charge in [0.2, 0.25) is 5.82 Å². The number of pyridine rings is 1. The van der Waals surface area contributed by atoms with E-state index in [0.717, 1.165) is 29.8 Å². The molecule has 140 valence electrons. The van der Waals surface area contributed by atoms with Gasteiger partial charge >= 0.3 is 5.69 Å². The molecular weight excluding hydrogens is 334 g/mol. The number of nitrogens with one attached hydrogen (secondary N) is 1. The Balaban J connectivity index is 2.55. The van der Waals surface area contributed by atoms with Crippen molar-refractivity contribution in [2.24, 2.45) is 0 Å². The zero-order valence-electron chi connectivity index (χ0n) is 16.1. The summed E-state index contributed by atoms with van der Waals surface area (Å²) in [5, 5.41) is 14.8. The Morgan fingerprint density at radius 1 is 1.15 bits per heavy atom. The highest BCUT2D eigenvalue weighted by Crippen LogP contribution is 2.36. The van der Waals surface area contributed by atoms with Crippen molar-refractivity contribution in [2.75, 3.05) is 5.32 Å². The van der Waals surface area contributed by atoms with E-state index in [0.29, 0.717) is 11.5 Å². The van der Waals surface area contributed by atoms with Crippen molar-refractivity contribution in [3.63, 3.8) is 0 Å². The lowest BCUT2D eigenvalue weighted by Gasteiger charge is -2.17. The number of aryl methyl sites for hydroxylation is 4. The number of ether oxygens (including phenoxy) is 1. The highest BCUT2D eigenvalue weighted by Gasteiger charge is 2.28. The summed E-state index contributed by atoms with van der Waals surface area (Å²) in [5.74, 6) is 0.504. The first-order valence-corrected chi connectivity index (χ1v) is 8.68. The molecule has 0 bridgehead atoms. The molecule has 0 aliphatic carbocycles. The average Bonchev–Trinajstić information content (AvgIpc) is 2.55. The first kappa shape index (κ1) is 19.6. The third-order valence-corrected chi connectivity index (χ3v) is 4.10. The molecule has 0 unspecified atom stereocenters. The van der Waals surface area contributed by atoms with Crippen LogP contribution in [0.25, 0.3) is 0 Å². The van der Waals surface area contributed by atoms with Crippen LogP contribution in [-0.4, -0.2) is 26.0 Å². The van der Waals surface area contributed by atoms with Gasteiger partial charge in [-0.25, -0.2) is 4.98 Å². The van der Waals surface area contributed by atoms with Crippen LogP contribution in [0.15, 0.2) is 6.07 Å². The number of nitrogens with zero attached hydrogens (tertiary/aromatic N) is 4. The summed E-state index contributed by atoms with van der Waals surface area (Å²) < 4.78 is 5.80. The molecule has 1 N–H and O–H groups in total. The summed E-state index contributed by atoms with van der Waals surface area (Å²) in [7, 11) is 0. The smallest absolute Gasteiger partial charge is 0.373 e. The van der Waals surface area contributed by atoms with Crippen LogP contribution in [0.4, 0.5) is 17.2 Å². The van der Waals surface area contributed by atoms with Gasteiger partial charge in [0.15, 0.2) is 0 Å². The lowest BCUT2D eigenvalue weighted by Crippen LogP contribution is -2.17. The summed E-state index contributed by atoms with van der Waals surface area (Å²) in [6.07, 6.45) is 1.33. The topological polar surface area (TPSA) is 103 Å². The molecule has 8 nitrogen and oxygen atoms in total. The predicted molar refractivity (Wildman–Crippen MR) is 100 cm³/mol. The predicted octanol–water partition coefficient (Wildman–Crippen LogP) is 4.32. The summed E-state index contributed by atoms with van der Waals surface area (Å²) >= 11 is 0. The second-order valence-electron chi connectivity index (χ2n) is 6.25. The zero-order valence-corrected chi connectivity index (χ0v) is 16.1. The van der Waals surface area contributed by atoms with Gasteiger partial charge in [0, 0.05) is 5.69 Å². The highest BCUT2D eigenvalue weighted by molar-refractivity contribution is 5.71. The number of nitro groups is 1. The maximum absolute atomic E-state index is 11.7. The van der Waals surface area contributed by atoms with Gasteiger partial charge in [-0.15, -0.1) is 0 Å². The monoisotopic (exact) mass is 359 g/mol. The molecule has 0 radical (unpaired) electrons. The Bertz CT molecular complexity index is 796. The van der Waals surface area contributed by atoms with Crippen molar-refractivity contribution in [3.8, 4) is 5.88 Å². The van der Waals surface area contributed by atoms with Crippen LogP contribution < -0.4 is 10.1 Å². The van der Waals surface area contributed by atoms with Crippen molar-refractivity contribution in [1.82, 2.24) is 15.0 Å². The molecule has 26 heavy (non-hydrogen) atoms. The Morgan fingerprint density at radius 3 is 2.35 bits per heavy atom. The molecule has 0 aliphatic rings. The van der Waals surface area contributed by atoms with Crippen LogP contribution in [-0.2, 0) is 0 Å². The van der Waals surface area contributed by atoms with E-state index in [1.165, 1.54) is 0 Å². The molecule has 0 saturated carbocycles.